The number of rotatable bonds is 3. The number of piperidine rings is 1. The van der Waals surface area contributed by atoms with E-state index in [4.69, 9.17) is 14.2 Å². The Morgan fingerprint density at radius 1 is 1.00 bits per heavy atom. The number of ether oxygens (including phenoxy) is 3. The summed E-state index contributed by atoms with van der Waals surface area (Å²) in [6, 6.07) is 4.70. The molecule has 0 saturated carbocycles. The molecule has 2 fully saturated rings. The predicted molar refractivity (Wildman–Crippen MR) is 176 cm³/mol. The molecule has 2 aromatic heterocycles. The zero-order chi connectivity index (χ0) is 34.3. The van der Waals surface area contributed by atoms with Gasteiger partial charge in [0.25, 0.3) is 0 Å². The van der Waals surface area contributed by atoms with E-state index in [-0.39, 0.29) is 64.0 Å². The highest BCUT2D eigenvalue weighted by molar-refractivity contribution is 7.23. The molecular weight excluding hydrogens is 642 g/mol. The maximum Gasteiger partial charge on any atom is 0.412 e. The third kappa shape index (κ3) is 5.35. The zero-order valence-electron chi connectivity index (χ0n) is 27.4. The van der Waals surface area contributed by atoms with Crippen LogP contribution in [0.25, 0.3) is 32.1 Å². The molecule has 2 saturated heterocycles. The van der Waals surface area contributed by atoms with Crippen LogP contribution in [0, 0.1) is 23.0 Å². The highest BCUT2D eigenvalue weighted by Gasteiger charge is 2.48. The monoisotopic (exact) mass is 676 g/mol. The van der Waals surface area contributed by atoms with E-state index in [0.717, 1.165) is 17.8 Å². The van der Waals surface area contributed by atoms with Crippen LogP contribution >= 0.6 is 11.3 Å². The summed E-state index contributed by atoms with van der Waals surface area (Å²) in [4.78, 5) is 38.2. The van der Waals surface area contributed by atoms with E-state index in [1.54, 1.807) is 25.7 Å². The van der Waals surface area contributed by atoms with Crippen molar-refractivity contribution in [1.82, 2.24) is 14.9 Å². The van der Waals surface area contributed by atoms with E-state index in [1.807, 2.05) is 20.8 Å². The Morgan fingerprint density at radius 2 is 1.69 bits per heavy atom. The average molecular weight is 677 g/mol. The van der Waals surface area contributed by atoms with Crippen LogP contribution < -0.4 is 10.2 Å². The van der Waals surface area contributed by atoms with E-state index in [0.29, 0.717) is 40.1 Å². The minimum absolute atomic E-state index is 0.00506. The van der Waals surface area contributed by atoms with Gasteiger partial charge in [0.1, 0.15) is 45.8 Å². The number of likely N-dealkylation sites (tertiary alicyclic amines) is 1. The Morgan fingerprint density at radius 3 is 2.35 bits per heavy atom. The van der Waals surface area contributed by atoms with Crippen molar-refractivity contribution < 1.29 is 32.6 Å². The van der Waals surface area contributed by atoms with Crippen LogP contribution in [0.4, 0.5) is 29.2 Å². The van der Waals surface area contributed by atoms with Crippen molar-refractivity contribution in [3.05, 3.63) is 46.8 Å². The summed E-state index contributed by atoms with van der Waals surface area (Å²) < 4.78 is 50.2. The normalized spacial score (nSPS) is 18.8. The molecule has 2 unspecified atom stereocenters. The maximum atomic E-state index is 17.0. The summed E-state index contributed by atoms with van der Waals surface area (Å²) in [6.07, 6.45) is 0.983. The summed E-state index contributed by atoms with van der Waals surface area (Å²) in [5.41, 5.74) is -0.461. The largest absolute Gasteiger partial charge is 0.444 e. The van der Waals surface area contributed by atoms with Gasteiger partial charge in [0.15, 0.2) is 5.82 Å². The molecule has 1 N–H and O–H groups in total. The van der Waals surface area contributed by atoms with Gasteiger partial charge in [0, 0.05) is 34.3 Å². The number of aromatic nitrogens is 2. The molecule has 3 aliphatic rings. The van der Waals surface area contributed by atoms with Gasteiger partial charge in [-0.25, -0.2) is 28.3 Å². The molecule has 5 heterocycles. The van der Waals surface area contributed by atoms with Crippen molar-refractivity contribution in [3.8, 4) is 17.2 Å². The van der Waals surface area contributed by atoms with Crippen molar-refractivity contribution in [2.75, 3.05) is 23.3 Å². The molecule has 2 amide bonds. The van der Waals surface area contributed by atoms with Crippen LogP contribution in [0.15, 0.2) is 18.5 Å². The first-order valence-corrected chi connectivity index (χ1v) is 16.4. The molecule has 0 aliphatic carbocycles. The number of thiophene rings is 1. The van der Waals surface area contributed by atoms with Crippen LogP contribution in [0.3, 0.4) is 0 Å². The minimum atomic E-state index is -0.785. The van der Waals surface area contributed by atoms with Crippen LogP contribution in [0.2, 0.25) is 0 Å². The Balaban J connectivity index is 1.33. The molecule has 2 atom stereocenters. The first kappa shape index (κ1) is 32.0. The quantitative estimate of drug-likeness (QED) is 0.239. The van der Waals surface area contributed by atoms with Crippen LogP contribution in [-0.2, 0) is 27.4 Å². The van der Waals surface area contributed by atoms with Gasteiger partial charge in [0.05, 0.1) is 36.2 Å². The summed E-state index contributed by atoms with van der Waals surface area (Å²) in [5, 5.41) is 13.7. The second-order valence-electron chi connectivity index (χ2n) is 14.2. The number of amides is 2. The van der Waals surface area contributed by atoms with Crippen LogP contribution in [0.5, 0.6) is 0 Å². The molecular formula is C34H34F2N6O5S. The molecule has 11 nitrogen and oxygen atoms in total. The van der Waals surface area contributed by atoms with Crippen molar-refractivity contribution in [1.29, 1.82) is 5.26 Å². The molecule has 2 bridgehead atoms. The second-order valence-corrected chi connectivity index (χ2v) is 15.3. The lowest BCUT2D eigenvalue weighted by Crippen LogP contribution is -2.70. The van der Waals surface area contributed by atoms with Gasteiger partial charge >= 0.3 is 12.2 Å². The van der Waals surface area contributed by atoms with Crippen molar-refractivity contribution in [2.24, 2.45) is 0 Å². The fourth-order valence-corrected chi connectivity index (χ4v) is 7.88. The van der Waals surface area contributed by atoms with Crippen molar-refractivity contribution in [3.63, 3.8) is 0 Å². The molecule has 250 valence electrons. The van der Waals surface area contributed by atoms with E-state index in [9.17, 15) is 14.9 Å². The summed E-state index contributed by atoms with van der Waals surface area (Å²) in [6.45, 7) is 11.6. The number of carbonyl (C=O) groups excluding carboxylic acids is 2. The number of hydrogen-bond acceptors (Lipinski definition) is 10. The molecule has 0 spiro atoms. The van der Waals surface area contributed by atoms with Crippen molar-refractivity contribution >= 4 is 55.3 Å². The van der Waals surface area contributed by atoms with Gasteiger partial charge in [0.2, 0.25) is 0 Å². The highest BCUT2D eigenvalue weighted by atomic mass is 32.1. The lowest BCUT2D eigenvalue weighted by atomic mass is 9.86. The first-order valence-electron chi connectivity index (χ1n) is 15.6. The predicted octanol–water partition coefficient (Wildman–Crippen LogP) is 7.24. The fraction of sp³-hybridized carbons (Fsp3) is 0.441. The number of nitriles is 1. The van der Waals surface area contributed by atoms with Gasteiger partial charge in [-0.2, -0.15) is 5.26 Å². The topological polar surface area (TPSA) is 130 Å². The third-order valence-electron chi connectivity index (χ3n) is 8.59. The molecule has 2 aromatic carbocycles. The summed E-state index contributed by atoms with van der Waals surface area (Å²) in [5.74, 6) is -0.961. The van der Waals surface area contributed by atoms with Crippen LogP contribution in [0.1, 0.15) is 64.7 Å². The molecule has 0 radical (unpaired) electrons. The molecule has 14 heteroatoms. The third-order valence-corrected chi connectivity index (χ3v) is 9.66. The smallest absolute Gasteiger partial charge is 0.412 e. The van der Waals surface area contributed by atoms with Crippen molar-refractivity contribution in [2.45, 2.75) is 84.5 Å². The molecule has 3 aliphatic heterocycles. The Hall–Kier alpha value is -4.61. The number of piperazine rings is 1. The zero-order valence-corrected chi connectivity index (χ0v) is 28.2. The fourth-order valence-electron chi connectivity index (χ4n) is 6.84. The standard InChI is InChI=1S/C34H34F2N6O5S/c1-33(2,3)46-31(43)40-30-18(10-37)23-22(48-30)8-7-21(35)26(23)24-19-13-45-14-20(19)25-28(27(24)36)38-15-39-29(25)42-16-9-17(42)12-41(11-16)32(44)47-34(4,5)6/h7-8,15-17H,9,11-14H2,1-6H3,(H,40,43). The van der Waals surface area contributed by atoms with Gasteiger partial charge < -0.3 is 24.0 Å². The Labute approximate surface area is 279 Å². The highest BCUT2D eigenvalue weighted by Crippen LogP contribution is 2.49. The van der Waals surface area contributed by atoms with Gasteiger partial charge in [-0.15, -0.1) is 11.3 Å². The number of hydrogen-bond donors (Lipinski definition) is 1. The minimum Gasteiger partial charge on any atom is -0.444 e. The Bertz CT molecular complexity index is 2050. The summed E-state index contributed by atoms with van der Waals surface area (Å²) in [7, 11) is 0. The van der Waals surface area contributed by atoms with Gasteiger partial charge in [-0.1, -0.05) is 0 Å². The molecule has 4 aromatic rings. The van der Waals surface area contributed by atoms with E-state index < -0.39 is 28.9 Å². The molecule has 7 rings (SSSR count). The van der Waals surface area contributed by atoms with Gasteiger partial charge in [-0.05, 0) is 71.2 Å². The number of halogens is 2. The number of anilines is 2. The number of fused-ring (bicyclic) bond motifs is 6. The van der Waals surface area contributed by atoms with Gasteiger partial charge in [-0.3, -0.25) is 5.32 Å². The maximum absolute atomic E-state index is 17.0. The van der Waals surface area contributed by atoms with E-state index >= 15 is 8.78 Å². The first-order chi connectivity index (χ1) is 22.6. The molecule has 48 heavy (non-hydrogen) atoms. The second kappa shape index (κ2) is 11.2. The number of carbonyl (C=O) groups is 2. The number of benzene rings is 2. The lowest BCUT2D eigenvalue weighted by molar-refractivity contribution is 0.00845. The van der Waals surface area contributed by atoms with E-state index in [1.165, 1.54) is 18.5 Å². The van der Waals surface area contributed by atoms with Crippen LogP contribution in [-0.4, -0.2) is 63.4 Å². The van der Waals surface area contributed by atoms with E-state index in [2.05, 4.69) is 26.3 Å². The average Bonchev–Trinajstić information content (AvgIpc) is 3.61. The lowest BCUT2D eigenvalue weighted by Gasteiger charge is -2.56. The summed E-state index contributed by atoms with van der Waals surface area (Å²) >= 11 is 1.07. The SMILES string of the molecule is CC(C)(C)OC(=O)Nc1sc2ccc(F)c(-c3c4c(c5c(N6C7CC6CN(C(=O)OC(C)(C)C)C7)ncnc5c3F)COC4)c2c1C#N. The number of nitrogens with one attached hydrogen (secondary N) is 1. The Kier molecular flexibility index (Phi) is 7.48. The number of nitrogens with zero attached hydrogens (tertiary/aromatic N) is 5.